The first-order chi connectivity index (χ1) is 9.61. The van der Waals surface area contributed by atoms with E-state index >= 15 is 0 Å². The Kier molecular flexibility index (Phi) is 3.23. The van der Waals surface area contributed by atoms with Gasteiger partial charge in [0, 0.05) is 12.0 Å². The Morgan fingerprint density at radius 2 is 2.05 bits per heavy atom. The van der Waals surface area contributed by atoms with Gasteiger partial charge in [-0.05, 0) is 18.8 Å². The zero-order chi connectivity index (χ0) is 14.3. The predicted molar refractivity (Wildman–Crippen MR) is 65.2 cm³/mol. The maximum Gasteiger partial charge on any atom is 0.330 e. The highest BCUT2D eigenvalue weighted by Gasteiger charge is 2.64. The van der Waals surface area contributed by atoms with E-state index in [2.05, 4.69) is 6.58 Å². The Balaban J connectivity index is 1.52. The highest BCUT2D eigenvalue weighted by molar-refractivity contribution is 5.85. The van der Waals surface area contributed by atoms with Crippen molar-refractivity contribution < 1.29 is 28.6 Å². The third-order valence-corrected chi connectivity index (χ3v) is 4.49. The molecule has 20 heavy (non-hydrogen) atoms. The monoisotopic (exact) mass is 280 g/mol. The summed E-state index contributed by atoms with van der Waals surface area (Å²) in [6, 6.07) is 0. The van der Waals surface area contributed by atoms with Crippen LogP contribution in [-0.2, 0) is 28.6 Å². The van der Waals surface area contributed by atoms with E-state index in [-0.39, 0.29) is 54.9 Å². The van der Waals surface area contributed by atoms with Gasteiger partial charge in [0.1, 0.15) is 19.3 Å². The second kappa shape index (κ2) is 4.92. The Hall–Kier alpha value is -1.85. The van der Waals surface area contributed by atoms with Crippen LogP contribution < -0.4 is 0 Å². The van der Waals surface area contributed by atoms with Crippen LogP contribution in [0.15, 0.2) is 12.7 Å². The molecule has 108 valence electrons. The standard InChI is InChI=1S/C14H16O6/c1-2-10(15)18-3-4-19-13(16)11-7-5-8-9(6-7)20-14(17)12(8)11/h2,7-9,11-12H,1,3-6H2. The van der Waals surface area contributed by atoms with Crippen molar-refractivity contribution in [3.05, 3.63) is 12.7 Å². The first-order valence-electron chi connectivity index (χ1n) is 6.78. The summed E-state index contributed by atoms with van der Waals surface area (Å²) in [4.78, 5) is 34.7. The molecule has 3 rings (SSSR count). The van der Waals surface area contributed by atoms with Crippen molar-refractivity contribution in [3.63, 3.8) is 0 Å². The Labute approximate surface area is 116 Å². The van der Waals surface area contributed by atoms with Gasteiger partial charge >= 0.3 is 17.9 Å². The van der Waals surface area contributed by atoms with E-state index in [0.29, 0.717) is 0 Å². The van der Waals surface area contributed by atoms with Crippen LogP contribution in [0.5, 0.6) is 0 Å². The highest BCUT2D eigenvalue weighted by atomic mass is 16.6. The van der Waals surface area contributed by atoms with Crippen LogP contribution in [0.3, 0.4) is 0 Å². The summed E-state index contributed by atoms with van der Waals surface area (Å²) in [6.45, 7) is 3.26. The second-order valence-electron chi connectivity index (χ2n) is 5.46. The molecular formula is C14H16O6. The van der Waals surface area contributed by atoms with Gasteiger partial charge in [-0.1, -0.05) is 6.58 Å². The average molecular weight is 280 g/mol. The van der Waals surface area contributed by atoms with Crippen LogP contribution in [-0.4, -0.2) is 37.2 Å². The number of fused-ring (bicyclic) bond motifs is 1. The molecule has 6 nitrogen and oxygen atoms in total. The molecular weight excluding hydrogens is 264 g/mol. The normalized spacial score (nSPS) is 36.6. The minimum atomic E-state index is -0.553. The molecule has 2 bridgehead atoms. The molecule has 0 spiro atoms. The fourth-order valence-electron chi connectivity index (χ4n) is 3.76. The Bertz CT molecular complexity index is 468. The van der Waals surface area contributed by atoms with Crippen LogP contribution in [0, 0.1) is 23.7 Å². The largest absolute Gasteiger partial charge is 0.462 e. The summed E-state index contributed by atoms with van der Waals surface area (Å²) in [7, 11) is 0. The van der Waals surface area contributed by atoms with Crippen molar-refractivity contribution in [1.29, 1.82) is 0 Å². The molecule has 0 aromatic carbocycles. The molecule has 0 aromatic rings. The van der Waals surface area contributed by atoms with Crippen LogP contribution in [0.2, 0.25) is 0 Å². The lowest BCUT2D eigenvalue weighted by molar-refractivity contribution is -0.158. The number of hydrogen-bond acceptors (Lipinski definition) is 6. The van der Waals surface area contributed by atoms with E-state index in [9.17, 15) is 14.4 Å². The number of rotatable bonds is 5. The van der Waals surface area contributed by atoms with Gasteiger partial charge in [-0.2, -0.15) is 0 Å². The lowest BCUT2D eigenvalue weighted by atomic mass is 9.80. The minimum absolute atomic E-state index is 0.00248. The van der Waals surface area contributed by atoms with Gasteiger partial charge in [0.25, 0.3) is 0 Å². The first-order valence-corrected chi connectivity index (χ1v) is 6.78. The van der Waals surface area contributed by atoms with E-state index in [4.69, 9.17) is 14.2 Å². The molecule has 0 N–H and O–H groups in total. The van der Waals surface area contributed by atoms with E-state index < -0.39 is 5.97 Å². The van der Waals surface area contributed by atoms with Crippen LogP contribution >= 0.6 is 0 Å². The Morgan fingerprint density at radius 3 is 2.80 bits per heavy atom. The Morgan fingerprint density at radius 1 is 1.30 bits per heavy atom. The molecule has 3 fully saturated rings. The number of ether oxygens (including phenoxy) is 3. The van der Waals surface area contributed by atoms with Crippen molar-refractivity contribution in [2.24, 2.45) is 23.7 Å². The number of carbonyl (C=O) groups is 3. The SMILES string of the molecule is C=CC(=O)OCCOC(=O)C1C2CC3OC(=O)C1C3C2. The van der Waals surface area contributed by atoms with Crippen molar-refractivity contribution in [3.8, 4) is 0 Å². The molecule has 5 atom stereocenters. The van der Waals surface area contributed by atoms with Gasteiger partial charge in [0.15, 0.2) is 0 Å². The van der Waals surface area contributed by atoms with E-state index in [1.54, 1.807) is 0 Å². The molecule has 5 unspecified atom stereocenters. The summed E-state index contributed by atoms with van der Waals surface area (Å²) in [5, 5.41) is 0. The first kappa shape index (κ1) is 13.1. The van der Waals surface area contributed by atoms with Crippen molar-refractivity contribution in [2.75, 3.05) is 13.2 Å². The van der Waals surface area contributed by atoms with Crippen molar-refractivity contribution in [2.45, 2.75) is 18.9 Å². The van der Waals surface area contributed by atoms with Gasteiger partial charge in [-0.15, -0.1) is 0 Å². The molecule has 1 heterocycles. The summed E-state index contributed by atoms with van der Waals surface area (Å²) in [6.07, 6.45) is 2.69. The maximum atomic E-state index is 12.1. The highest BCUT2D eigenvalue weighted by Crippen LogP contribution is 2.57. The predicted octanol–water partition coefficient (Wildman–Crippen LogP) is 0.456. The van der Waals surface area contributed by atoms with E-state index in [1.807, 2.05) is 0 Å². The van der Waals surface area contributed by atoms with Crippen LogP contribution in [0.25, 0.3) is 0 Å². The van der Waals surface area contributed by atoms with Gasteiger partial charge in [-0.25, -0.2) is 4.79 Å². The maximum absolute atomic E-state index is 12.1. The molecule has 2 saturated carbocycles. The van der Waals surface area contributed by atoms with Crippen LogP contribution in [0.4, 0.5) is 0 Å². The zero-order valence-corrected chi connectivity index (χ0v) is 10.9. The van der Waals surface area contributed by atoms with Gasteiger partial charge in [0.05, 0.1) is 11.8 Å². The summed E-state index contributed by atoms with van der Waals surface area (Å²) in [5.74, 6) is -1.55. The van der Waals surface area contributed by atoms with Crippen LogP contribution in [0.1, 0.15) is 12.8 Å². The fraction of sp³-hybridized carbons (Fsp3) is 0.643. The number of hydrogen-bond donors (Lipinski definition) is 0. The van der Waals surface area contributed by atoms with E-state index in [0.717, 1.165) is 18.9 Å². The summed E-state index contributed by atoms with van der Waals surface area (Å²) in [5.41, 5.74) is 0. The molecule has 1 aliphatic heterocycles. The van der Waals surface area contributed by atoms with Gasteiger partial charge in [0.2, 0.25) is 0 Å². The number of carbonyl (C=O) groups excluding carboxylic acids is 3. The van der Waals surface area contributed by atoms with Crippen molar-refractivity contribution in [1.82, 2.24) is 0 Å². The fourth-order valence-corrected chi connectivity index (χ4v) is 3.76. The zero-order valence-electron chi connectivity index (χ0n) is 10.9. The third kappa shape index (κ3) is 1.99. The van der Waals surface area contributed by atoms with Gasteiger partial charge < -0.3 is 14.2 Å². The second-order valence-corrected chi connectivity index (χ2v) is 5.46. The third-order valence-electron chi connectivity index (χ3n) is 4.49. The minimum Gasteiger partial charge on any atom is -0.462 e. The molecule has 0 radical (unpaired) electrons. The molecule has 3 aliphatic rings. The topological polar surface area (TPSA) is 78.9 Å². The summed E-state index contributed by atoms with van der Waals surface area (Å²) >= 11 is 0. The van der Waals surface area contributed by atoms with E-state index in [1.165, 1.54) is 0 Å². The molecule has 6 heteroatoms. The van der Waals surface area contributed by atoms with Gasteiger partial charge in [-0.3, -0.25) is 9.59 Å². The quantitative estimate of drug-likeness (QED) is 0.315. The average Bonchev–Trinajstić information content (AvgIpc) is 3.04. The lowest BCUT2D eigenvalue weighted by Crippen LogP contribution is -2.34. The van der Waals surface area contributed by atoms with Crippen molar-refractivity contribution >= 4 is 17.9 Å². The molecule has 0 aromatic heterocycles. The lowest BCUT2D eigenvalue weighted by Gasteiger charge is -2.22. The molecule has 2 aliphatic carbocycles. The summed E-state index contributed by atoms with van der Waals surface area (Å²) < 4.78 is 15.1. The molecule has 1 saturated heterocycles. The smallest absolute Gasteiger partial charge is 0.330 e. The molecule has 0 amide bonds. The number of esters is 3.